The van der Waals surface area contributed by atoms with Gasteiger partial charge in [-0.2, -0.15) is 0 Å². The van der Waals surface area contributed by atoms with Crippen molar-refractivity contribution in [2.75, 3.05) is 12.9 Å². The topological polar surface area (TPSA) is 80.7 Å². The Bertz CT molecular complexity index is 555. The van der Waals surface area contributed by atoms with E-state index in [4.69, 9.17) is 9.84 Å². The molecule has 0 fully saturated rings. The van der Waals surface area contributed by atoms with E-state index < -0.39 is 15.8 Å². The van der Waals surface area contributed by atoms with Crippen LogP contribution in [0.2, 0.25) is 0 Å². The molecule has 0 amide bonds. The molecule has 0 spiro atoms. The van der Waals surface area contributed by atoms with Crippen LogP contribution in [0.1, 0.15) is 6.92 Å². The van der Waals surface area contributed by atoms with Crippen LogP contribution in [0.5, 0.6) is 5.75 Å². The Labute approximate surface area is 106 Å². The average molecular weight is 270 g/mol. The van der Waals surface area contributed by atoms with Crippen molar-refractivity contribution in [3.8, 4) is 5.75 Å². The lowest BCUT2D eigenvalue weighted by Crippen LogP contribution is -2.01. The van der Waals surface area contributed by atoms with E-state index in [1.165, 1.54) is 37.3 Å². The number of aliphatic carboxylic acids is 1. The molecule has 0 unspecified atom stereocenters. The van der Waals surface area contributed by atoms with Crippen LogP contribution >= 0.6 is 0 Å². The maximum absolute atomic E-state index is 11.2. The molecule has 0 saturated heterocycles. The molecule has 0 atom stereocenters. The number of rotatable bonds is 5. The monoisotopic (exact) mass is 270 g/mol. The second-order valence-corrected chi connectivity index (χ2v) is 5.76. The molecule has 0 saturated carbocycles. The van der Waals surface area contributed by atoms with E-state index >= 15 is 0 Å². The van der Waals surface area contributed by atoms with Crippen LogP contribution in [0.25, 0.3) is 0 Å². The maximum Gasteiger partial charge on any atom is 0.331 e. The molecule has 0 heterocycles. The van der Waals surface area contributed by atoms with Gasteiger partial charge < -0.3 is 9.84 Å². The first kappa shape index (κ1) is 14.2. The van der Waals surface area contributed by atoms with Crippen molar-refractivity contribution in [2.45, 2.75) is 11.8 Å². The minimum absolute atomic E-state index is 0.121. The van der Waals surface area contributed by atoms with Gasteiger partial charge in [-0.15, -0.1) is 0 Å². The third-order valence-corrected chi connectivity index (χ3v) is 3.36. The minimum atomic E-state index is -3.21. The van der Waals surface area contributed by atoms with Crippen LogP contribution in [-0.2, 0) is 14.6 Å². The van der Waals surface area contributed by atoms with Gasteiger partial charge in [-0.1, -0.05) is 0 Å². The van der Waals surface area contributed by atoms with Crippen molar-refractivity contribution in [1.82, 2.24) is 0 Å². The maximum atomic E-state index is 11.2. The lowest BCUT2D eigenvalue weighted by molar-refractivity contribution is -0.132. The predicted octanol–water partition coefficient (Wildman–Crippen LogP) is 1.50. The van der Waals surface area contributed by atoms with Gasteiger partial charge in [0.15, 0.2) is 9.84 Å². The van der Waals surface area contributed by atoms with Crippen LogP contribution in [0.15, 0.2) is 40.8 Å². The van der Waals surface area contributed by atoms with Gasteiger partial charge >= 0.3 is 5.97 Å². The summed E-state index contributed by atoms with van der Waals surface area (Å²) in [7, 11) is -3.21. The fourth-order valence-corrected chi connectivity index (χ4v) is 1.76. The van der Waals surface area contributed by atoms with E-state index in [1.54, 1.807) is 0 Å². The number of sulfone groups is 1. The Morgan fingerprint density at radius 1 is 1.33 bits per heavy atom. The third-order valence-electron chi connectivity index (χ3n) is 2.23. The summed E-state index contributed by atoms with van der Waals surface area (Å²) in [6.45, 7) is 1.59. The SMILES string of the molecule is CC(=CCOc1ccc(S(C)(=O)=O)cc1)C(=O)O. The molecule has 98 valence electrons. The highest BCUT2D eigenvalue weighted by Gasteiger charge is 2.06. The van der Waals surface area contributed by atoms with Crippen LogP contribution in [0, 0.1) is 0 Å². The molecule has 1 aromatic rings. The van der Waals surface area contributed by atoms with Crippen molar-refractivity contribution in [2.24, 2.45) is 0 Å². The Kier molecular flexibility index (Phi) is 4.49. The van der Waals surface area contributed by atoms with Gasteiger partial charge in [0.2, 0.25) is 0 Å². The van der Waals surface area contributed by atoms with Crippen molar-refractivity contribution in [3.05, 3.63) is 35.9 Å². The van der Waals surface area contributed by atoms with Gasteiger partial charge in [0, 0.05) is 11.8 Å². The average Bonchev–Trinajstić information content (AvgIpc) is 2.28. The van der Waals surface area contributed by atoms with Gasteiger partial charge in [0.05, 0.1) is 4.90 Å². The van der Waals surface area contributed by atoms with Crippen molar-refractivity contribution in [3.63, 3.8) is 0 Å². The number of hydrogen-bond donors (Lipinski definition) is 1. The molecular weight excluding hydrogens is 256 g/mol. The van der Waals surface area contributed by atoms with Crippen molar-refractivity contribution in [1.29, 1.82) is 0 Å². The molecule has 0 aliphatic carbocycles. The van der Waals surface area contributed by atoms with Crippen LogP contribution in [0.3, 0.4) is 0 Å². The standard InChI is InChI=1S/C12H14O5S/c1-9(12(13)14)7-8-17-10-3-5-11(6-4-10)18(2,15)16/h3-7H,8H2,1-2H3,(H,13,14). The first-order valence-electron chi connectivity index (χ1n) is 5.13. The molecule has 0 aliphatic rings. The summed E-state index contributed by atoms with van der Waals surface area (Å²) in [4.78, 5) is 10.7. The molecule has 0 bridgehead atoms. The molecule has 6 heteroatoms. The summed E-state index contributed by atoms with van der Waals surface area (Å²) in [5.74, 6) is -0.511. The minimum Gasteiger partial charge on any atom is -0.490 e. The second-order valence-electron chi connectivity index (χ2n) is 3.75. The molecule has 0 aliphatic heterocycles. The van der Waals surface area contributed by atoms with Gasteiger partial charge in [-0.25, -0.2) is 13.2 Å². The summed E-state index contributed by atoms with van der Waals surface area (Å²) in [5.41, 5.74) is 0.197. The Hall–Kier alpha value is -1.82. The largest absolute Gasteiger partial charge is 0.490 e. The first-order valence-corrected chi connectivity index (χ1v) is 7.03. The van der Waals surface area contributed by atoms with Crippen LogP contribution < -0.4 is 4.74 Å². The number of benzene rings is 1. The summed E-state index contributed by atoms with van der Waals surface area (Å²) < 4.78 is 27.7. The number of hydrogen-bond acceptors (Lipinski definition) is 4. The molecular formula is C12H14O5S. The van der Waals surface area contributed by atoms with Crippen LogP contribution in [-0.4, -0.2) is 32.4 Å². The summed E-state index contributed by atoms with van der Waals surface area (Å²) in [6, 6.07) is 5.94. The quantitative estimate of drug-likeness (QED) is 0.820. The number of ether oxygens (including phenoxy) is 1. The third kappa shape index (κ3) is 4.21. The summed E-state index contributed by atoms with van der Waals surface area (Å²) in [5, 5.41) is 8.61. The number of carboxylic acids is 1. The summed E-state index contributed by atoms with van der Waals surface area (Å²) >= 11 is 0. The van der Waals surface area contributed by atoms with E-state index in [2.05, 4.69) is 0 Å². The van der Waals surface area contributed by atoms with Gasteiger partial charge in [-0.3, -0.25) is 0 Å². The second kappa shape index (κ2) is 5.68. The lowest BCUT2D eigenvalue weighted by Gasteiger charge is -2.04. The van der Waals surface area contributed by atoms with Crippen LogP contribution in [0.4, 0.5) is 0 Å². The highest BCUT2D eigenvalue weighted by molar-refractivity contribution is 7.90. The number of carboxylic acid groups (broad SMARTS) is 1. The zero-order valence-electron chi connectivity index (χ0n) is 10.1. The Morgan fingerprint density at radius 3 is 2.33 bits per heavy atom. The van der Waals surface area contributed by atoms with Crippen molar-refractivity contribution >= 4 is 15.8 Å². The lowest BCUT2D eigenvalue weighted by atomic mass is 10.3. The van der Waals surface area contributed by atoms with E-state index in [0.29, 0.717) is 5.75 Å². The molecule has 1 aromatic carbocycles. The molecule has 0 aromatic heterocycles. The fourth-order valence-electron chi connectivity index (χ4n) is 1.13. The number of carbonyl (C=O) groups is 1. The molecule has 5 nitrogen and oxygen atoms in total. The molecule has 1 N–H and O–H groups in total. The Balaban J connectivity index is 2.66. The zero-order valence-corrected chi connectivity index (χ0v) is 10.9. The highest BCUT2D eigenvalue weighted by atomic mass is 32.2. The van der Waals surface area contributed by atoms with E-state index in [0.717, 1.165) is 6.26 Å². The fraction of sp³-hybridized carbons (Fsp3) is 0.250. The normalized spacial score (nSPS) is 12.2. The molecule has 0 radical (unpaired) electrons. The first-order chi connectivity index (χ1) is 8.30. The van der Waals surface area contributed by atoms with E-state index in [1.807, 2.05) is 0 Å². The van der Waals surface area contributed by atoms with Gasteiger partial charge in [0.1, 0.15) is 12.4 Å². The van der Waals surface area contributed by atoms with Gasteiger partial charge in [0.25, 0.3) is 0 Å². The summed E-state index contributed by atoms with van der Waals surface area (Å²) in [6.07, 6.45) is 2.56. The molecule has 18 heavy (non-hydrogen) atoms. The highest BCUT2D eigenvalue weighted by Crippen LogP contribution is 2.15. The van der Waals surface area contributed by atoms with E-state index in [9.17, 15) is 13.2 Å². The molecule has 1 rings (SSSR count). The predicted molar refractivity (Wildman–Crippen MR) is 66.4 cm³/mol. The van der Waals surface area contributed by atoms with Gasteiger partial charge in [-0.05, 0) is 37.3 Å². The smallest absolute Gasteiger partial charge is 0.331 e. The Morgan fingerprint density at radius 2 is 1.89 bits per heavy atom. The van der Waals surface area contributed by atoms with Crippen molar-refractivity contribution < 1.29 is 23.1 Å². The zero-order chi connectivity index (χ0) is 13.8. The van der Waals surface area contributed by atoms with E-state index in [-0.39, 0.29) is 17.1 Å².